The topological polar surface area (TPSA) is 116 Å². The van der Waals surface area contributed by atoms with Gasteiger partial charge in [0.2, 0.25) is 0 Å². The highest BCUT2D eigenvalue weighted by Crippen LogP contribution is 2.23. The molecule has 1 atom stereocenters. The number of nitrogens with zero attached hydrogens (tertiary/aromatic N) is 3. The van der Waals surface area contributed by atoms with Gasteiger partial charge in [-0.25, -0.2) is 14.0 Å². The van der Waals surface area contributed by atoms with Crippen molar-refractivity contribution < 1.29 is 23.5 Å². The molecule has 1 aromatic heterocycles. The Morgan fingerprint density at radius 3 is 2.24 bits per heavy atom. The fourth-order valence-electron chi connectivity index (χ4n) is 3.83. The largest absolute Gasteiger partial charge is 0.444 e. The highest BCUT2D eigenvalue weighted by Gasteiger charge is 2.19. The minimum absolute atomic E-state index is 0.154. The molecular weight excluding hydrogens is 558 g/mol. The Morgan fingerprint density at radius 2 is 1.62 bits per heavy atom. The summed E-state index contributed by atoms with van der Waals surface area (Å²) in [4.78, 5) is 46.3. The SMILES string of the molecule is CN(C)CCCN(Cc1ccc(C(=O)Nc2ccccc2NC(=O)OC(C)(C)C)nc1)C(=O)Nc1cc(F)ccc1P. The summed E-state index contributed by atoms with van der Waals surface area (Å²) in [6.07, 6.45) is 1.62. The third-order valence-electron chi connectivity index (χ3n) is 5.82. The van der Waals surface area contributed by atoms with Crippen LogP contribution in [0.2, 0.25) is 0 Å². The van der Waals surface area contributed by atoms with E-state index < -0.39 is 23.4 Å². The molecule has 10 nitrogen and oxygen atoms in total. The van der Waals surface area contributed by atoms with Crippen LogP contribution >= 0.6 is 9.24 Å². The van der Waals surface area contributed by atoms with Crippen molar-refractivity contribution in [2.24, 2.45) is 0 Å². The van der Waals surface area contributed by atoms with Crippen LogP contribution in [0, 0.1) is 5.82 Å². The first-order valence-corrected chi connectivity index (χ1v) is 14.0. The molecule has 0 aliphatic rings. The van der Waals surface area contributed by atoms with Gasteiger partial charge in [-0.15, -0.1) is 9.24 Å². The first-order valence-electron chi connectivity index (χ1n) is 13.4. The molecular formula is C30H38FN6O4P. The van der Waals surface area contributed by atoms with Crippen LogP contribution in [0.1, 0.15) is 43.2 Å². The average Bonchev–Trinajstić information content (AvgIpc) is 2.90. The highest BCUT2D eigenvalue weighted by molar-refractivity contribution is 7.28. The Morgan fingerprint density at radius 1 is 0.929 bits per heavy atom. The third kappa shape index (κ3) is 10.4. The fraction of sp³-hybridized carbons (Fsp3) is 0.333. The Kier molecular flexibility index (Phi) is 11.4. The molecule has 0 fully saturated rings. The number of carbonyl (C=O) groups is 3. The monoisotopic (exact) mass is 596 g/mol. The van der Waals surface area contributed by atoms with Gasteiger partial charge in [-0.1, -0.05) is 24.3 Å². The molecule has 12 heteroatoms. The highest BCUT2D eigenvalue weighted by atomic mass is 31.0. The fourth-order valence-corrected chi connectivity index (χ4v) is 4.09. The number of amides is 4. The summed E-state index contributed by atoms with van der Waals surface area (Å²) < 4.78 is 19.1. The lowest BCUT2D eigenvalue weighted by molar-refractivity contribution is 0.0635. The van der Waals surface area contributed by atoms with Gasteiger partial charge in [-0.2, -0.15) is 0 Å². The number of aromatic nitrogens is 1. The predicted molar refractivity (Wildman–Crippen MR) is 167 cm³/mol. The number of carbonyl (C=O) groups excluding carboxylic acids is 3. The van der Waals surface area contributed by atoms with E-state index in [1.807, 2.05) is 19.0 Å². The number of benzene rings is 2. The summed E-state index contributed by atoms with van der Waals surface area (Å²) >= 11 is 0. The second-order valence-electron chi connectivity index (χ2n) is 10.9. The minimum Gasteiger partial charge on any atom is -0.444 e. The molecule has 0 spiro atoms. The number of para-hydroxylation sites is 2. The zero-order valence-corrected chi connectivity index (χ0v) is 25.7. The molecule has 0 saturated heterocycles. The maximum Gasteiger partial charge on any atom is 0.412 e. The van der Waals surface area contributed by atoms with E-state index in [4.69, 9.17) is 4.74 Å². The van der Waals surface area contributed by atoms with Crippen LogP contribution in [0.4, 0.5) is 31.0 Å². The summed E-state index contributed by atoms with van der Waals surface area (Å²) in [5.74, 6) is -0.920. The molecule has 2 aromatic carbocycles. The lowest BCUT2D eigenvalue weighted by atomic mass is 10.2. The zero-order valence-electron chi connectivity index (χ0n) is 24.5. The van der Waals surface area contributed by atoms with E-state index in [0.29, 0.717) is 34.5 Å². The van der Waals surface area contributed by atoms with E-state index in [1.54, 1.807) is 68.1 Å². The van der Waals surface area contributed by atoms with E-state index in [9.17, 15) is 18.8 Å². The van der Waals surface area contributed by atoms with Crippen molar-refractivity contribution in [1.29, 1.82) is 0 Å². The minimum atomic E-state index is -0.673. The van der Waals surface area contributed by atoms with E-state index in [-0.39, 0.29) is 18.3 Å². The Labute approximate surface area is 248 Å². The van der Waals surface area contributed by atoms with Crippen molar-refractivity contribution in [3.05, 3.63) is 77.9 Å². The Balaban J connectivity index is 1.69. The maximum absolute atomic E-state index is 13.8. The Hall–Kier alpha value is -4.08. The summed E-state index contributed by atoms with van der Waals surface area (Å²) in [6, 6.07) is 13.8. The number of pyridine rings is 1. The molecule has 3 aromatic rings. The van der Waals surface area contributed by atoms with Crippen molar-refractivity contribution in [3.63, 3.8) is 0 Å². The lowest BCUT2D eigenvalue weighted by Gasteiger charge is -2.24. The summed E-state index contributed by atoms with van der Waals surface area (Å²) in [6.45, 7) is 6.74. The quantitative estimate of drug-likeness (QED) is 0.274. The maximum atomic E-state index is 13.8. The molecule has 42 heavy (non-hydrogen) atoms. The van der Waals surface area contributed by atoms with Crippen LogP contribution in [0.5, 0.6) is 0 Å². The van der Waals surface area contributed by atoms with Crippen molar-refractivity contribution in [2.75, 3.05) is 43.1 Å². The van der Waals surface area contributed by atoms with E-state index in [0.717, 1.165) is 13.0 Å². The van der Waals surface area contributed by atoms with Crippen molar-refractivity contribution in [1.82, 2.24) is 14.8 Å². The van der Waals surface area contributed by atoms with Gasteiger partial charge in [-0.05, 0) is 89.0 Å². The standard InChI is InChI=1S/C30H38FN6O4P/c1-30(2,3)41-29(40)35-23-10-7-6-9-22(23)33-27(38)24-13-11-20(18-32-24)19-37(16-8-15-36(4)5)28(39)34-25-17-21(31)12-14-26(25)42/h6-7,9-14,17-18H,8,15-16,19,42H2,1-5H3,(H,33,38)(H,34,39)(H,35,40). The number of urea groups is 1. The molecule has 4 amide bonds. The first kappa shape index (κ1) is 32.4. The molecule has 0 saturated carbocycles. The van der Waals surface area contributed by atoms with Crippen molar-refractivity contribution in [2.45, 2.75) is 39.3 Å². The lowest BCUT2D eigenvalue weighted by Crippen LogP contribution is -2.37. The van der Waals surface area contributed by atoms with Gasteiger partial charge >= 0.3 is 12.1 Å². The van der Waals surface area contributed by atoms with Gasteiger partial charge in [0.25, 0.3) is 5.91 Å². The number of hydrogen-bond donors (Lipinski definition) is 3. The first-order chi connectivity index (χ1) is 19.8. The van der Waals surface area contributed by atoms with Gasteiger partial charge < -0.3 is 25.2 Å². The normalized spacial score (nSPS) is 11.1. The molecule has 1 heterocycles. The summed E-state index contributed by atoms with van der Waals surface area (Å²) in [5, 5.41) is 8.86. The number of hydrogen-bond acceptors (Lipinski definition) is 6. The van der Waals surface area contributed by atoms with Gasteiger partial charge in [-0.3, -0.25) is 15.1 Å². The third-order valence-corrected chi connectivity index (χ3v) is 6.32. The molecule has 3 N–H and O–H groups in total. The Bertz CT molecular complexity index is 1400. The molecule has 0 radical (unpaired) electrons. The van der Waals surface area contributed by atoms with Gasteiger partial charge in [0.1, 0.15) is 17.1 Å². The van der Waals surface area contributed by atoms with E-state index >= 15 is 0 Å². The van der Waals surface area contributed by atoms with Gasteiger partial charge in [0.15, 0.2) is 0 Å². The summed E-state index contributed by atoms with van der Waals surface area (Å²) in [7, 11) is 6.39. The predicted octanol–water partition coefficient (Wildman–Crippen LogP) is 5.31. The van der Waals surface area contributed by atoms with Crippen molar-refractivity contribution in [3.8, 4) is 0 Å². The number of rotatable bonds is 10. The molecule has 0 aliphatic carbocycles. The van der Waals surface area contributed by atoms with Crippen LogP contribution < -0.4 is 21.3 Å². The molecule has 0 aliphatic heterocycles. The number of anilines is 3. The second-order valence-corrected chi connectivity index (χ2v) is 11.5. The van der Waals surface area contributed by atoms with Crippen LogP contribution in [0.3, 0.4) is 0 Å². The number of halogens is 1. The molecule has 224 valence electrons. The number of ether oxygens (including phenoxy) is 1. The zero-order chi connectivity index (χ0) is 30.9. The van der Waals surface area contributed by atoms with E-state index in [1.165, 1.54) is 18.3 Å². The van der Waals surface area contributed by atoms with Gasteiger partial charge in [0.05, 0.1) is 17.1 Å². The summed E-state index contributed by atoms with van der Waals surface area (Å²) in [5.41, 5.74) is 1.32. The molecule has 1 unspecified atom stereocenters. The van der Waals surface area contributed by atoms with Crippen LogP contribution in [0.15, 0.2) is 60.8 Å². The van der Waals surface area contributed by atoms with Crippen LogP contribution in [-0.4, -0.2) is 65.6 Å². The molecule has 3 rings (SSSR count). The van der Waals surface area contributed by atoms with Gasteiger partial charge in [0, 0.05) is 19.3 Å². The molecule has 0 bridgehead atoms. The van der Waals surface area contributed by atoms with Crippen LogP contribution in [-0.2, 0) is 11.3 Å². The van der Waals surface area contributed by atoms with E-state index in [2.05, 4.69) is 30.2 Å². The second kappa shape index (κ2) is 14.7. The number of nitrogens with one attached hydrogen (secondary N) is 3. The van der Waals surface area contributed by atoms with Crippen molar-refractivity contribution >= 4 is 49.6 Å². The smallest absolute Gasteiger partial charge is 0.412 e. The average molecular weight is 597 g/mol. The van der Waals surface area contributed by atoms with Crippen LogP contribution in [0.25, 0.3) is 0 Å².